The van der Waals surface area contributed by atoms with Crippen LogP contribution in [0.5, 0.6) is 0 Å². The molecule has 0 aromatic heterocycles. The summed E-state index contributed by atoms with van der Waals surface area (Å²) in [4.78, 5) is 22.8. The predicted molar refractivity (Wildman–Crippen MR) is 98.2 cm³/mol. The quantitative estimate of drug-likeness (QED) is 0.762. The van der Waals surface area contributed by atoms with Gasteiger partial charge < -0.3 is 10.2 Å². The number of aliphatic carboxylic acids is 1. The van der Waals surface area contributed by atoms with Gasteiger partial charge in [0.2, 0.25) is 0 Å². The smallest absolute Gasteiger partial charge is 0.303 e. The molecule has 4 rings (SSSR count). The second-order valence-electron chi connectivity index (χ2n) is 8.79. The molecule has 4 aliphatic carbocycles. The normalized spacial score (nSPS) is 45.7. The van der Waals surface area contributed by atoms with Gasteiger partial charge >= 0.3 is 5.97 Å². The number of fused-ring (bicyclic) bond motifs is 5. The molecule has 1 saturated carbocycles. The molecular formula is C22H26O4. The topological polar surface area (TPSA) is 74.6 Å². The van der Waals surface area contributed by atoms with E-state index in [2.05, 4.69) is 38.2 Å². The lowest BCUT2D eigenvalue weighted by Crippen LogP contribution is -2.51. The number of carbonyl (C=O) groups is 2. The molecule has 0 amide bonds. The fraction of sp³-hybridized carbons (Fsp3) is 0.545. The molecule has 0 heterocycles. The van der Waals surface area contributed by atoms with Crippen LogP contribution in [-0.2, 0) is 9.59 Å². The highest BCUT2D eigenvalue weighted by Crippen LogP contribution is 2.63. The maximum Gasteiger partial charge on any atom is 0.303 e. The fourth-order valence-electron chi connectivity index (χ4n) is 5.88. The molecule has 2 N–H and O–H groups in total. The third-order valence-electron chi connectivity index (χ3n) is 7.63. The summed E-state index contributed by atoms with van der Waals surface area (Å²) in [6.45, 7) is 4.27. The highest BCUT2D eigenvalue weighted by atomic mass is 16.4. The Balaban J connectivity index is 1.71. The Hall–Kier alpha value is -1.94. The van der Waals surface area contributed by atoms with Crippen molar-refractivity contribution in [3.63, 3.8) is 0 Å². The molecule has 0 bridgehead atoms. The largest absolute Gasteiger partial charge is 0.481 e. The van der Waals surface area contributed by atoms with E-state index in [-0.39, 0.29) is 41.8 Å². The lowest BCUT2D eigenvalue weighted by atomic mass is 9.51. The molecule has 0 radical (unpaired) electrons. The number of allylic oxidation sites excluding steroid dienone is 7. The lowest BCUT2D eigenvalue weighted by Gasteiger charge is -2.53. The van der Waals surface area contributed by atoms with Crippen molar-refractivity contribution in [1.29, 1.82) is 0 Å². The Labute approximate surface area is 154 Å². The molecule has 138 valence electrons. The van der Waals surface area contributed by atoms with Crippen molar-refractivity contribution < 1.29 is 19.8 Å². The van der Waals surface area contributed by atoms with Crippen LogP contribution in [0.15, 0.2) is 48.1 Å². The van der Waals surface area contributed by atoms with E-state index in [1.165, 1.54) is 0 Å². The van der Waals surface area contributed by atoms with E-state index in [4.69, 9.17) is 5.11 Å². The first kappa shape index (κ1) is 17.5. The maximum atomic E-state index is 11.8. The van der Waals surface area contributed by atoms with Gasteiger partial charge in [-0.2, -0.15) is 0 Å². The van der Waals surface area contributed by atoms with Gasteiger partial charge in [0.05, 0.1) is 5.60 Å². The molecule has 1 fully saturated rings. The minimum atomic E-state index is -0.971. The van der Waals surface area contributed by atoms with Gasteiger partial charge in [-0.05, 0) is 54.7 Å². The molecule has 0 aliphatic heterocycles. The minimum Gasteiger partial charge on any atom is -0.481 e. The van der Waals surface area contributed by atoms with Crippen LogP contribution in [0.1, 0.15) is 39.5 Å². The van der Waals surface area contributed by atoms with E-state index in [1.807, 2.05) is 6.08 Å². The van der Waals surface area contributed by atoms with Crippen molar-refractivity contribution >= 4 is 11.8 Å². The van der Waals surface area contributed by atoms with Gasteiger partial charge in [0.25, 0.3) is 0 Å². The van der Waals surface area contributed by atoms with Crippen molar-refractivity contribution in [2.75, 3.05) is 0 Å². The number of carboxylic acid groups (broad SMARTS) is 1. The van der Waals surface area contributed by atoms with Crippen LogP contribution in [0.3, 0.4) is 0 Å². The van der Waals surface area contributed by atoms with E-state index < -0.39 is 17.0 Å². The van der Waals surface area contributed by atoms with Crippen LogP contribution in [-0.4, -0.2) is 27.6 Å². The molecule has 4 heteroatoms. The Morgan fingerprint density at radius 2 is 2.00 bits per heavy atom. The molecule has 26 heavy (non-hydrogen) atoms. The Kier molecular flexibility index (Phi) is 3.71. The summed E-state index contributed by atoms with van der Waals surface area (Å²) in [6.07, 6.45) is 15.9. The number of aliphatic hydroxyl groups is 1. The molecule has 0 aromatic rings. The van der Waals surface area contributed by atoms with Crippen molar-refractivity contribution in [1.82, 2.24) is 0 Å². The molecular weight excluding hydrogens is 328 g/mol. The Morgan fingerprint density at radius 3 is 2.73 bits per heavy atom. The maximum absolute atomic E-state index is 11.8. The van der Waals surface area contributed by atoms with Gasteiger partial charge in [0.15, 0.2) is 5.78 Å². The average molecular weight is 354 g/mol. The molecule has 0 aromatic carbocycles. The van der Waals surface area contributed by atoms with Gasteiger partial charge in [-0.25, -0.2) is 0 Å². The Bertz CT molecular complexity index is 788. The number of hydrogen-bond donors (Lipinski definition) is 2. The van der Waals surface area contributed by atoms with E-state index in [0.29, 0.717) is 6.42 Å². The van der Waals surface area contributed by atoms with Crippen LogP contribution in [0.4, 0.5) is 0 Å². The van der Waals surface area contributed by atoms with Crippen LogP contribution in [0.25, 0.3) is 0 Å². The first-order valence-corrected chi connectivity index (χ1v) is 9.47. The summed E-state index contributed by atoms with van der Waals surface area (Å²) in [5.41, 5.74) is -0.536. The fourth-order valence-corrected chi connectivity index (χ4v) is 5.88. The lowest BCUT2D eigenvalue weighted by molar-refractivity contribution is -0.140. The van der Waals surface area contributed by atoms with Crippen molar-refractivity contribution in [2.24, 2.45) is 28.6 Å². The summed E-state index contributed by atoms with van der Waals surface area (Å²) in [6, 6.07) is 0. The summed E-state index contributed by atoms with van der Waals surface area (Å²) in [5.74, 6) is -0.0158. The van der Waals surface area contributed by atoms with E-state index >= 15 is 0 Å². The van der Waals surface area contributed by atoms with Crippen LogP contribution >= 0.6 is 0 Å². The number of rotatable bonds is 3. The van der Waals surface area contributed by atoms with Crippen molar-refractivity contribution in [3.05, 3.63) is 48.1 Å². The number of carboxylic acids is 1. The second kappa shape index (κ2) is 5.53. The third-order valence-corrected chi connectivity index (χ3v) is 7.63. The zero-order chi connectivity index (χ0) is 18.7. The van der Waals surface area contributed by atoms with Crippen LogP contribution < -0.4 is 0 Å². The van der Waals surface area contributed by atoms with Gasteiger partial charge in [0, 0.05) is 17.3 Å². The van der Waals surface area contributed by atoms with Crippen molar-refractivity contribution in [2.45, 2.75) is 45.1 Å². The zero-order valence-electron chi connectivity index (χ0n) is 15.3. The summed E-state index contributed by atoms with van der Waals surface area (Å²) < 4.78 is 0. The molecule has 0 spiro atoms. The zero-order valence-corrected chi connectivity index (χ0v) is 15.3. The van der Waals surface area contributed by atoms with Gasteiger partial charge in [-0.3, -0.25) is 9.59 Å². The predicted octanol–water partition coefficient (Wildman–Crippen LogP) is 3.44. The van der Waals surface area contributed by atoms with E-state index in [1.54, 1.807) is 12.2 Å². The minimum absolute atomic E-state index is 0.00790. The second-order valence-corrected chi connectivity index (χ2v) is 8.79. The summed E-state index contributed by atoms with van der Waals surface area (Å²) in [7, 11) is 0. The molecule has 0 unspecified atom stereocenters. The SMILES string of the molecule is C[C@]12C=CC(=O)C=C1C=C[C@@H]1[C@@H]2C=C[C@@]2(C)[C@H]1CC[C@]2(O)CCC(=O)O. The molecule has 6 atom stereocenters. The number of ketones is 1. The average Bonchev–Trinajstić information content (AvgIpc) is 2.86. The van der Waals surface area contributed by atoms with E-state index in [9.17, 15) is 14.7 Å². The molecule has 0 saturated heterocycles. The highest BCUT2D eigenvalue weighted by Gasteiger charge is 2.60. The van der Waals surface area contributed by atoms with Gasteiger partial charge in [0.1, 0.15) is 0 Å². The number of hydrogen-bond acceptors (Lipinski definition) is 3. The highest BCUT2D eigenvalue weighted by molar-refractivity contribution is 6.01. The Morgan fingerprint density at radius 1 is 1.23 bits per heavy atom. The van der Waals surface area contributed by atoms with E-state index in [0.717, 1.165) is 12.0 Å². The van der Waals surface area contributed by atoms with Gasteiger partial charge in [-0.15, -0.1) is 0 Å². The molecule has 4 aliphatic rings. The summed E-state index contributed by atoms with van der Waals surface area (Å²) >= 11 is 0. The first-order valence-electron chi connectivity index (χ1n) is 9.47. The van der Waals surface area contributed by atoms with Crippen LogP contribution in [0, 0.1) is 28.6 Å². The molecule has 4 nitrogen and oxygen atoms in total. The monoisotopic (exact) mass is 354 g/mol. The van der Waals surface area contributed by atoms with Crippen LogP contribution in [0.2, 0.25) is 0 Å². The summed E-state index contributed by atoms with van der Waals surface area (Å²) in [5, 5.41) is 20.4. The third kappa shape index (κ3) is 2.24. The first-order chi connectivity index (χ1) is 12.2. The standard InChI is InChI=1S/C22H26O4/c1-20-9-5-15(23)13-14(20)3-4-16-17(20)6-10-21(2)18(16)7-11-22(21,26)12-8-19(24)25/h3-6,9-10,13,16-18,26H,7-8,11-12H2,1-2H3,(H,24,25)/t16-,17+,18+,20+,21+,22+/m1/s1. The van der Waals surface area contributed by atoms with Gasteiger partial charge in [-0.1, -0.05) is 44.2 Å². The number of carbonyl (C=O) groups excluding carboxylic acids is 1. The van der Waals surface area contributed by atoms with Crippen molar-refractivity contribution in [3.8, 4) is 0 Å².